The van der Waals surface area contributed by atoms with Gasteiger partial charge in [0.2, 0.25) is 0 Å². The fourth-order valence-corrected chi connectivity index (χ4v) is 2.25. The van der Waals surface area contributed by atoms with Crippen LogP contribution in [0, 0.1) is 6.92 Å². The summed E-state index contributed by atoms with van der Waals surface area (Å²) in [4.78, 5) is 11.9. The molecule has 5 nitrogen and oxygen atoms in total. The Bertz CT molecular complexity index is 652. The molecule has 0 saturated heterocycles. The lowest BCUT2D eigenvalue weighted by molar-refractivity contribution is 0.407. The van der Waals surface area contributed by atoms with Crippen LogP contribution in [0.25, 0.3) is 0 Å². The van der Waals surface area contributed by atoms with E-state index in [9.17, 15) is 4.79 Å². The zero-order valence-electron chi connectivity index (χ0n) is 12.7. The predicted molar refractivity (Wildman–Crippen MR) is 82.6 cm³/mol. The second-order valence-corrected chi connectivity index (χ2v) is 4.88. The molecule has 1 atom stereocenters. The Kier molecular flexibility index (Phi) is 5.11. The maximum absolute atomic E-state index is 11.9. The maximum atomic E-state index is 11.9. The Morgan fingerprint density at radius 1 is 1.33 bits per heavy atom. The first-order chi connectivity index (χ1) is 10.1. The van der Waals surface area contributed by atoms with Gasteiger partial charge in [-0.15, -0.1) is 0 Å². The largest absolute Gasteiger partial charge is 0.497 e. The molecule has 2 aromatic rings. The lowest BCUT2D eigenvalue weighted by atomic mass is 10.1. The van der Waals surface area contributed by atoms with Gasteiger partial charge in [-0.3, -0.25) is 4.79 Å². The van der Waals surface area contributed by atoms with Crippen molar-refractivity contribution >= 4 is 0 Å². The zero-order valence-corrected chi connectivity index (χ0v) is 12.7. The molecule has 0 aliphatic heterocycles. The minimum absolute atomic E-state index is 0.0112. The van der Waals surface area contributed by atoms with Gasteiger partial charge in [-0.1, -0.05) is 19.1 Å². The number of benzene rings is 1. The molecule has 0 aliphatic rings. The van der Waals surface area contributed by atoms with Crippen molar-refractivity contribution in [2.24, 2.45) is 0 Å². The van der Waals surface area contributed by atoms with Gasteiger partial charge in [-0.05, 0) is 37.2 Å². The molecule has 112 valence electrons. The van der Waals surface area contributed by atoms with Crippen molar-refractivity contribution in [1.82, 2.24) is 15.1 Å². The van der Waals surface area contributed by atoms with E-state index < -0.39 is 0 Å². The van der Waals surface area contributed by atoms with E-state index >= 15 is 0 Å². The van der Waals surface area contributed by atoms with Crippen molar-refractivity contribution in [3.05, 3.63) is 58.0 Å². The van der Waals surface area contributed by atoms with E-state index in [2.05, 4.69) is 10.4 Å². The van der Waals surface area contributed by atoms with E-state index in [1.807, 2.05) is 38.1 Å². The van der Waals surface area contributed by atoms with Crippen LogP contribution in [-0.4, -0.2) is 23.4 Å². The summed E-state index contributed by atoms with van der Waals surface area (Å²) in [7, 11) is 1.65. The number of nitrogens with zero attached hydrogens (tertiary/aromatic N) is 2. The molecule has 1 unspecified atom stereocenters. The maximum Gasteiger partial charge on any atom is 0.266 e. The summed E-state index contributed by atoms with van der Waals surface area (Å²) < 4.78 is 6.77. The normalized spacial score (nSPS) is 12.1. The van der Waals surface area contributed by atoms with Crippen LogP contribution in [0.3, 0.4) is 0 Å². The molecule has 0 bridgehead atoms. The topological polar surface area (TPSA) is 56.2 Å². The summed E-state index contributed by atoms with van der Waals surface area (Å²) in [5.74, 6) is 0.806. The first kappa shape index (κ1) is 15.3. The molecule has 1 aromatic heterocycles. The van der Waals surface area contributed by atoms with Crippen LogP contribution in [0.2, 0.25) is 0 Å². The number of rotatable bonds is 6. The third-order valence-electron chi connectivity index (χ3n) is 3.30. The fourth-order valence-electron chi connectivity index (χ4n) is 2.25. The third kappa shape index (κ3) is 3.92. The van der Waals surface area contributed by atoms with Crippen molar-refractivity contribution in [2.45, 2.75) is 26.4 Å². The van der Waals surface area contributed by atoms with E-state index in [0.29, 0.717) is 6.54 Å². The monoisotopic (exact) mass is 287 g/mol. The number of aromatic nitrogens is 2. The molecule has 1 aromatic carbocycles. The number of methoxy groups -OCH3 is 1. The van der Waals surface area contributed by atoms with Crippen LogP contribution in [0.15, 0.2) is 41.2 Å². The number of nitrogens with one attached hydrogen (secondary N) is 1. The molecule has 0 saturated carbocycles. The van der Waals surface area contributed by atoms with Gasteiger partial charge in [-0.2, -0.15) is 5.10 Å². The van der Waals surface area contributed by atoms with Gasteiger partial charge in [0, 0.05) is 6.07 Å². The Balaban J connectivity index is 2.30. The summed E-state index contributed by atoms with van der Waals surface area (Å²) in [5, 5.41) is 7.69. The van der Waals surface area contributed by atoms with Crippen molar-refractivity contribution in [1.29, 1.82) is 0 Å². The third-order valence-corrected chi connectivity index (χ3v) is 3.30. The Hall–Kier alpha value is -2.14. The minimum Gasteiger partial charge on any atom is -0.497 e. The molecule has 1 N–H and O–H groups in total. The van der Waals surface area contributed by atoms with Crippen LogP contribution >= 0.6 is 0 Å². The molecule has 0 radical (unpaired) electrons. The number of hydrogen-bond acceptors (Lipinski definition) is 4. The first-order valence-electron chi connectivity index (χ1n) is 7.06. The average molecular weight is 287 g/mol. The zero-order chi connectivity index (χ0) is 15.2. The smallest absolute Gasteiger partial charge is 0.266 e. The van der Waals surface area contributed by atoms with E-state index in [1.54, 1.807) is 19.2 Å². The van der Waals surface area contributed by atoms with Crippen LogP contribution in [0.1, 0.15) is 24.2 Å². The van der Waals surface area contributed by atoms with E-state index in [1.165, 1.54) is 4.68 Å². The molecule has 0 fully saturated rings. The van der Waals surface area contributed by atoms with Gasteiger partial charge in [0.1, 0.15) is 5.75 Å². The van der Waals surface area contributed by atoms with Gasteiger partial charge < -0.3 is 10.1 Å². The second-order valence-electron chi connectivity index (χ2n) is 4.88. The molecule has 21 heavy (non-hydrogen) atoms. The predicted octanol–water partition coefficient (Wildman–Crippen LogP) is 1.91. The van der Waals surface area contributed by atoms with Gasteiger partial charge >= 0.3 is 0 Å². The highest BCUT2D eigenvalue weighted by atomic mass is 16.5. The summed E-state index contributed by atoms with van der Waals surface area (Å²) in [5.41, 5.74) is 1.81. The molecular formula is C16H21N3O2. The Morgan fingerprint density at radius 3 is 2.86 bits per heavy atom. The summed E-state index contributed by atoms with van der Waals surface area (Å²) in [6, 6.07) is 11.2. The van der Waals surface area contributed by atoms with Gasteiger partial charge in [0.25, 0.3) is 5.56 Å². The second kappa shape index (κ2) is 7.04. The summed E-state index contributed by atoms with van der Waals surface area (Å²) >= 11 is 0. The first-order valence-corrected chi connectivity index (χ1v) is 7.06. The average Bonchev–Trinajstić information content (AvgIpc) is 2.50. The standard InChI is InChI=1S/C16H21N3O2/c1-4-17-15(13-6-5-7-14(10-13)21-3)11-19-16(20)9-8-12(2)18-19/h5-10,15,17H,4,11H2,1-3H3. The highest BCUT2D eigenvalue weighted by Gasteiger charge is 2.13. The summed E-state index contributed by atoms with van der Waals surface area (Å²) in [6.07, 6.45) is 0. The molecule has 0 amide bonds. The minimum atomic E-state index is -0.0913. The lowest BCUT2D eigenvalue weighted by Gasteiger charge is -2.19. The molecule has 1 heterocycles. The Morgan fingerprint density at radius 2 is 2.14 bits per heavy atom. The van der Waals surface area contributed by atoms with Crippen molar-refractivity contribution in [3.8, 4) is 5.75 Å². The van der Waals surface area contributed by atoms with Crippen molar-refractivity contribution in [2.75, 3.05) is 13.7 Å². The van der Waals surface area contributed by atoms with Gasteiger partial charge in [-0.25, -0.2) is 4.68 Å². The fraction of sp³-hybridized carbons (Fsp3) is 0.375. The molecule has 0 aliphatic carbocycles. The van der Waals surface area contributed by atoms with Crippen molar-refractivity contribution in [3.63, 3.8) is 0 Å². The number of likely N-dealkylation sites (N-methyl/N-ethyl adjacent to an activating group) is 1. The highest BCUT2D eigenvalue weighted by Crippen LogP contribution is 2.20. The molecular weight excluding hydrogens is 266 g/mol. The number of hydrogen-bond donors (Lipinski definition) is 1. The quantitative estimate of drug-likeness (QED) is 0.882. The van der Waals surface area contributed by atoms with E-state index in [4.69, 9.17) is 4.74 Å². The lowest BCUT2D eigenvalue weighted by Crippen LogP contribution is -2.31. The van der Waals surface area contributed by atoms with E-state index in [-0.39, 0.29) is 11.6 Å². The molecule has 2 rings (SSSR count). The van der Waals surface area contributed by atoms with Crippen LogP contribution in [0.4, 0.5) is 0 Å². The number of aryl methyl sites for hydroxylation is 1. The summed E-state index contributed by atoms with van der Waals surface area (Å²) in [6.45, 7) is 5.22. The van der Waals surface area contributed by atoms with Crippen LogP contribution in [0.5, 0.6) is 5.75 Å². The molecule has 5 heteroatoms. The molecule has 0 spiro atoms. The van der Waals surface area contributed by atoms with Crippen molar-refractivity contribution < 1.29 is 4.74 Å². The van der Waals surface area contributed by atoms with Gasteiger partial charge in [0.15, 0.2) is 0 Å². The van der Waals surface area contributed by atoms with Crippen LogP contribution < -0.4 is 15.6 Å². The van der Waals surface area contributed by atoms with Crippen LogP contribution in [-0.2, 0) is 6.54 Å². The highest BCUT2D eigenvalue weighted by molar-refractivity contribution is 5.30. The van der Waals surface area contributed by atoms with Gasteiger partial charge in [0.05, 0.1) is 25.4 Å². The van der Waals surface area contributed by atoms with E-state index in [0.717, 1.165) is 23.6 Å². The number of ether oxygens (including phenoxy) is 1. The Labute approximate surface area is 124 Å². The SMILES string of the molecule is CCNC(Cn1nc(C)ccc1=O)c1cccc(OC)c1.